The zero-order valence-corrected chi connectivity index (χ0v) is 3.91. The summed E-state index contributed by atoms with van der Waals surface area (Å²) in [6.07, 6.45) is 0. The maximum atomic E-state index is 9.63. The van der Waals surface area contributed by atoms with Crippen molar-refractivity contribution in [2.45, 2.75) is 13.1 Å². The molecule has 0 aromatic rings. The van der Waals surface area contributed by atoms with E-state index in [-0.39, 0.29) is 11.0 Å². The molecule has 32 valence electrons. The van der Waals surface area contributed by atoms with E-state index in [1.165, 1.54) is 0 Å². The maximum absolute atomic E-state index is 9.63. The van der Waals surface area contributed by atoms with Crippen LogP contribution >= 0.6 is 0 Å². The molecule has 5 heavy (non-hydrogen) atoms. The fourth-order valence-electron chi connectivity index (χ4n) is 0. The molecular weight excluding hydrogens is 96.2 g/mol. The lowest BCUT2D eigenvalue weighted by atomic mass is 11.9. The molecule has 0 aliphatic carbocycles. The van der Waals surface area contributed by atoms with Crippen molar-refractivity contribution in [2.24, 2.45) is 0 Å². The molecule has 0 N–H and O–H groups in total. The standard InChI is InChI=1S/C2H6OSi.H4Si/c1-4(2)3;/h1-2H3;1H4. The van der Waals surface area contributed by atoms with Crippen LogP contribution in [0.5, 0.6) is 0 Å². The Morgan fingerprint density at radius 1 is 1.40 bits per heavy atom. The van der Waals surface area contributed by atoms with Crippen LogP contribution in [0.3, 0.4) is 0 Å². The van der Waals surface area contributed by atoms with E-state index in [0.29, 0.717) is 0 Å². The van der Waals surface area contributed by atoms with E-state index in [4.69, 9.17) is 0 Å². The largest absolute Gasteiger partial charge is 0.389 e. The van der Waals surface area contributed by atoms with Gasteiger partial charge in [0.1, 0.15) is 0 Å². The van der Waals surface area contributed by atoms with Crippen LogP contribution in [-0.4, -0.2) is 19.6 Å². The van der Waals surface area contributed by atoms with Gasteiger partial charge in [0.15, 0.2) is 0 Å². The van der Waals surface area contributed by atoms with Crippen LogP contribution in [0.25, 0.3) is 0 Å². The van der Waals surface area contributed by atoms with E-state index in [9.17, 15) is 4.46 Å². The maximum Gasteiger partial charge on any atom is 0.270 e. The third-order valence-corrected chi connectivity index (χ3v) is 0. The minimum Gasteiger partial charge on any atom is -0.389 e. The van der Waals surface area contributed by atoms with Crippen molar-refractivity contribution in [1.82, 2.24) is 0 Å². The Balaban J connectivity index is 0. The zero-order valence-electron chi connectivity index (χ0n) is 2.91. The topological polar surface area (TPSA) is 17.1 Å². The molecule has 0 rings (SSSR count). The lowest BCUT2D eigenvalue weighted by molar-refractivity contribution is 0.569. The first kappa shape index (κ1) is 8.97. The SMILES string of the molecule is C[Si](C)=O.[SiH4]. The predicted octanol–water partition coefficient (Wildman–Crippen LogP) is -0.784. The first-order valence-corrected chi connectivity index (χ1v) is 3.61. The molecule has 0 aliphatic heterocycles. The van der Waals surface area contributed by atoms with Gasteiger partial charge >= 0.3 is 0 Å². The fourth-order valence-corrected chi connectivity index (χ4v) is 0. The number of hydrogen-bond donors (Lipinski definition) is 0. The average molecular weight is 106 g/mol. The molecule has 0 saturated heterocycles. The summed E-state index contributed by atoms with van der Waals surface area (Å²) in [6, 6.07) is 0. The fraction of sp³-hybridized carbons (Fsp3) is 1.00. The van der Waals surface area contributed by atoms with Crippen LogP contribution in [0, 0.1) is 0 Å². The Morgan fingerprint density at radius 2 is 1.40 bits per heavy atom. The molecule has 0 unspecified atom stereocenters. The summed E-state index contributed by atoms with van der Waals surface area (Å²) in [5.74, 6) is 0. The highest BCUT2D eigenvalue weighted by Gasteiger charge is 1.68. The lowest BCUT2D eigenvalue weighted by Crippen LogP contribution is -1.72. The van der Waals surface area contributed by atoms with Crippen molar-refractivity contribution < 1.29 is 4.46 Å². The van der Waals surface area contributed by atoms with Crippen LogP contribution in [0.4, 0.5) is 0 Å². The van der Waals surface area contributed by atoms with Gasteiger partial charge in [-0.15, -0.1) is 0 Å². The zero-order chi connectivity index (χ0) is 3.58. The van der Waals surface area contributed by atoms with Crippen molar-refractivity contribution >= 4 is 19.6 Å². The number of hydrogen-bond acceptors (Lipinski definition) is 1. The van der Waals surface area contributed by atoms with E-state index in [2.05, 4.69) is 0 Å². The molecule has 1 nitrogen and oxygen atoms in total. The van der Waals surface area contributed by atoms with Crippen molar-refractivity contribution in [3.63, 3.8) is 0 Å². The molecule has 0 atom stereocenters. The van der Waals surface area contributed by atoms with Crippen LogP contribution in [0.2, 0.25) is 13.1 Å². The molecule has 0 fully saturated rings. The van der Waals surface area contributed by atoms with E-state index in [1.54, 1.807) is 13.1 Å². The summed E-state index contributed by atoms with van der Waals surface area (Å²) < 4.78 is 9.63. The van der Waals surface area contributed by atoms with E-state index in [1.807, 2.05) is 0 Å². The summed E-state index contributed by atoms with van der Waals surface area (Å²) >= 11 is 0. The summed E-state index contributed by atoms with van der Waals surface area (Å²) in [4.78, 5) is 0. The minimum atomic E-state index is -1.13. The quantitative estimate of drug-likeness (QED) is 0.370. The molecule has 0 bridgehead atoms. The smallest absolute Gasteiger partial charge is 0.270 e. The first-order chi connectivity index (χ1) is 1.73. The average Bonchev–Trinajstić information content (AvgIpc) is 0.811. The molecule has 3 heteroatoms. The van der Waals surface area contributed by atoms with Crippen molar-refractivity contribution in [1.29, 1.82) is 0 Å². The van der Waals surface area contributed by atoms with Gasteiger partial charge in [-0.2, -0.15) is 0 Å². The summed E-state index contributed by atoms with van der Waals surface area (Å²) in [6.45, 7) is 3.43. The van der Waals surface area contributed by atoms with Gasteiger partial charge in [-0.1, -0.05) is 0 Å². The van der Waals surface area contributed by atoms with Gasteiger partial charge < -0.3 is 4.46 Å². The monoisotopic (exact) mass is 106 g/mol. The molecule has 0 amide bonds. The van der Waals surface area contributed by atoms with Gasteiger partial charge in [0.2, 0.25) is 0 Å². The molecule has 0 heterocycles. The van der Waals surface area contributed by atoms with E-state index in [0.717, 1.165) is 0 Å². The van der Waals surface area contributed by atoms with Gasteiger partial charge in [-0.25, -0.2) is 0 Å². The van der Waals surface area contributed by atoms with Gasteiger partial charge in [-0.3, -0.25) is 0 Å². The van der Waals surface area contributed by atoms with Crippen LogP contribution in [0.1, 0.15) is 0 Å². The van der Waals surface area contributed by atoms with Crippen molar-refractivity contribution in [3.8, 4) is 0 Å². The third kappa shape index (κ3) is 387. The van der Waals surface area contributed by atoms with Gasteiger partial charge in [0.25, 0.3) is 8.68 Å². The predicted molar refractivity (Wildman–Crippen MR) is 29.5 cm³/mol. The van der Waals surface area contributed by atoms with Gasteiger partial charge in [-0.05, 0) is 24.1 Å². The molecule has 0 aromatic carbocycles. The Kier molecular flexibility index (Phi) is 7.60. The van der Waals surface area contributed by atoms with Crippen molar-refractivity contribution in [3.05, 3.63) is 0 Å². The second kappa shape index (κ2) is 4.23. The normalized spacial score (nSPS) is 5.20. The van der Waals surface area contributed by atoms with Crippen LogP contribution in [0.15, 0.2) is 0 Å². The summed E-state index contributed by atoms with van der Waals surface area (Å²) in [5.41, 5.74) is 0. The van der Waals surface area contributed by atoms with E-state index >= 15 is 0 Å². The Labute approximate surface area is 38.1 Å². The molecule has 0 aliphatic rings. The highest BCUT2D eigenvalue weighted by molar-refractivity contribution is 6.38. The van der Waals surface area contributed by atoms with Crippen LogP contribution in [-0.2, 0) is 4.46 Å². The molecule has 0 spiro atoms. The molecule has 0 radical (unpaired) electrons. The molecule has 0 aromatic heterocycles. The minimum absolute atomic E-state index is 0. The van der Waals surface area contributed by atoms with Crippen molar-refractivity contribution in [2.75, 3.05) is 0 Å². The highest BCUT2D eigenvalue weighted by Crippen LogP contribution is 1.49. The summed E-state index contributed by atoms with van der Waals surface area (Å²) in [5, 5.41) is 0. The lowest BCUT2D eigenvalue weighted by Gasteiger charge is -1.51. The van der Waals surface area contributed by atoms with Gasteiger partial charge in [0.05, 0.1) is 0 Å². The third-order valence-electron chi connectivity index (χ3n) is 0. The number of rotatable bonds is 0. The Morgan fingerprint density at radius 3 is 1.40 bits per heavy atom. The molecule has 0 saturated carbocycles. The van der Waals surface area contributed by atoms with Gasteiger partial charge in [0, 0.05) is 0 Å². The highest BCUT2D eigenvalue weighted by atomic mass is 28.3. The van der Waals surface area contributed by atoms with Crippen LogP contribution < -0.4 is 0 Å². The summed E-state index contributed by atoms with van der Waals surface area (Å²) in [7, 11) is -1.13. The second-order valence-electron chi connectivity index (χ2n) is 0.908. The Hall–Kier alpha value is 0.234. The molecular formula is C2H10OSi2. The Bertz CT molecular complexity index is 30.6. The first-order valence-electron chi connectivity index (χ1n) is 1.20. The second-order valence-corrected chi connectivity index (χ2v) is 2.72. The van der Waals surface area contributed by atoms with E-state index < -0.39 is 8.68 Å².